The molecule has 1 aromatic carbocycles. The van der Waals surface area contributed by atoms with Gasteiger partial charge in [0, 0.05) is 56.3 Å². The molecule has 0 saturated carbocycles. The number of carbonyl (C=O) groups excluding carboxylic acids is 1. The Morgan fingerprint density at radius 1 is 1.17 bits per heavy atom. The number of nitrogens with one attached hydrogen (secondary N) is 1. The highest BCUT2D eigenvalue weighted by Gasteiger charge is 2.26. The molecule has 0 radical (unpaired) electrons. The first-order chi connectivity index (χ1) is 14.5. The molecule has 4 rings (SSSR count). The minimum atomic E-state index is -3.68. The van der Waals surface area contributed by atoms with Crippen molar-refractivity contribution in [1.82, 2.24) is 14.5 Å². The fourth-order valence-electron chi connectivity index (χ4n) is 3.85. The number of sulfonamides is 1. The van der Waals surface area contributed by atoms with Gasteiger partial charge in [0.05, 0.1) is 11.0 Å². The molecular weight excluding hydrogens is 422 g/mol. The van der Waals surface area contributed by atoms with Crippen LogP contribution in [0.5, 0.6) is 0 Å². The summed E-state index contributed by atoms with van der Waals surface area (Å²) in [5.41, 5.74) is 0.404. The van der Waals surface area contributed by atoms with Gasteiger partial charge in [-0.1, -0.05) is 12.1 Å². The summed E-state index contributed by atoms with van der Waals surface area (Å²) >= 11 is 1.50. The normalized spacial score (nSPS) is 20.5. The average Bonchev–Trinajstić information content (AvgIpc) is 3.47. The summed E-state index contributed by atoms with van der Waals surface area (Å²) in [5, 5.41) is 1.91. The lowest BCUT2D eigenvalue weighted by Crippen LogP contribution is -2.50. The molecule has 2 fully saturated rings. The smallest absolute Gasteiger partial charge is 0.253 e. The molecule has 0 spiro atoms. The third kappa shape index (κ3) is 5.28. The van der Waals surface area contributed by atoms with E-state index in [9.17, 15) is 13.2 Å². The van der Waals surface area contributed by atoms with Gasteiger partial charge in [0.2, 0.25) is 10.0 Å². The van der Waals surface area contributed by atoms with E-state index in [0.717, 1.165) is 44.0 Å². The molecule has 1 atom stereocenters. The summed E-state index contributed by atoms with van der Waals surface area (Å²) in [7, 11) is -3.68. The zero-order valence-corrected chi connectivity index (χ0v) is 18.5. The zero-order chi connectivity index (χ0) is 21.0. The Bertz CT molecular complexity index is 948. The molecule has 0 aliphatic carbocycles. The van der Waals surface area contributed by atoms with Gasteiger partial charge in [0.25, 0.3) is 5.91 Å². The van der Waals surface area contributed by atoms with Crippen LogP contribution in [0.1, 0.15) is 28.1 Å². The van der Waals surface area contributed by atoms with E-state index in [4.69, 9.17) is 4.74 Å². The summed E-state index contributed by atoms with van der Waals surface area (Å²) in [6.45, 7) is 4.91. The topological polar surface area (TPSA) is 79.0 Å². The molecule has 2 saturated heterocycles. The fourth-order valence-corrected chi connectivity index (χ4v) is 5.64. The van der Waals surface area contributed by atoms with Crippen LogP contribution in [0.15, 0.2) is 46.7 Å². The molecule has 9 heteroatoms. The van der Waals surface area contributed by atoms with E-state index < -0.39 is 10.0 Å². The fraction of sp³-hybridized carbons (Fsp3) is 0.476. The van der Waals surface area contributed by atoms with Crippen molar-refractivity contribution < 1.29 is 17.9 Å². The van der Waals surface area contributed by atoms with Crippen molar-refractivity contribution in [3.63, 3.8) is 0 Å². The monoisotopic (exact) mass is 449 g/mol. The van der Waals surface area contributed by atoms with Crippen LogP contribution in [0.25, 0.3) is 0 Å². The number of hydrogen-bond acceptors (Lipinski definition) is 6. The third-order valence-corrected chi connectivity index (χ3v) is 7.83. The first-order valence-electron chi connectivity index (χ1n) is 10.3. The number of amides is 1. The van der Waals surface area contributed by atoms with Crippen LogP contribution >= 0.6 is 11.3 Å². The summed E-state index contributed by atoms with van der Waals surface area (Å²) in [4.78, 5) is 18.1. The van der Waals surface area contributed by atoms with Gasteiger partial charge < -0.3 is 9.64 Å². The standard InChI is InChI=1S/C21H27N3O4S2/c25-21(24-10-8-23(9-11-24)16-18-5-2-12-28-18)17-4-1-7-20(14-17)30(26,27)22-15-19-6-3-13-29-19/h1,3-4,6-7,13-14,18,22H,2,5,8-12,15-16H2. The second-order valence-corrected chi connectivity index (χ2v) is 10.5. The maximum Gasteiger partial charge on any atom is 0.253 e. The summed E-state index contributed by atoms with van der Waals surface area (Å²) in [6, 6.07) is 10.1. The van der Waals surface area contributed by atoms with E-state index in [-0.39, 0.29) is 17.3 Å². The van der Waals surface area contributed by atoms with Crippen LogP contribution in [-0.4, -0.2) is 69.6 Å². The number of thiophene rings is 1. The van der Waals surface area contributed by atoms with Crippen molar-refractivity contribution in [3.8, 4) is 0 Å². The highest BCUT2D eigenvalue weighted by molar-refractivity contribution is 7.89. The molecule has 7 nitrogen and oxygen atoms in total. The Morgan fingerprint density at radius 2 is 2.00 bits per heavy atom. The maximum atomic E-state index is 12.9. The van der Waals surface area contributed by atoms with Crippen molar-refractivity contribution in [1.29, 1.82) is 0 Å². The van der Waals surface area contributed by atoms with Gasteiger partial charge in [-0.3, -0.25) is 9.69 Å². The van der Waals surface area contributed by atoms with E-state index in [1.165, 1.54) is 23.5 Å². The molecule has 30 heavy (non-hydrogen) atoms. The quantitative estimate of drug-likeness (QED) is 0.701. The highest BCUT2D eigenvalue weighted by Crippen LogP contribution is 2.18. The maximum absolute atomic E-state index is 12.9. The van der Waals surface area contributed by atoms with Crippen LogP contribution in [0.3, 0.4) is 0 Å². The lowest BCUT2D eigenvalue weighted by atomic mass is 10.1. The minimum absolute atomic E-state index is 0.113. The van der Waals surface area contributed by atoms with Crippen molar-refractivity contribution in [3.05, 3.63) is 52.2 Å². The lowest BCUT2D eigenvalue weighted by molar-refractivity contribution is 0.0432. The minimum Gasteiger partial charge on any atom is -0.377 e. The van der Waals surface area contributed by atoms with Gasteiger partial charge in [0.1, 0.15) is 0 Å². The molecule has 162 valence electrons. The Hall–Kier alpha value is -1.78. The van der Waals surface area contributed by atoms with Crippen LogP contribution < -0.4 is 4.72 Å². The zero-order valence-electron chi connectivity index (χ0n) is 16.8. The molecule has 1 amide bonds. The van der Waals surface area contributed by atoms with Gasteiger partial charge in [-0.25, -0.2) is 13.1 Å². The second-order valence-electron chi connectivity index (χ2n) is 7.66. The summed E-state index contributed by atoms with van der Waals surface area (Å²) in [6.07, 6.45) is 2.56. The number of carbonyl (C=O) groups is 1. The number of piperazine rings is 1. The first-order valence-corrected chi connectivity index (χ1v) is 12.6. The van der Waals surface area contributed by atoms with Crippen molar-refractivity contribution in [2.75, 3.05) is 39.3 Å². The lowest BCUT2D eigenvalue weighted by Gasteiger charge is -2.35. The molecule has 1 unspecified atom stereocenters. The molecule has 1 aromatic heterocycles. The molecule has 1 N–H and O–H groups in total. The predicted molar refractivity (Wildman–Crippen MR) is 116 cm³/mol. The highest BCUT2D eigenvalue weighted by atomic mass is 32.2. The van der Waals surface area contributed by atoms with E-state index >= 15 is 0 Å². The van der Waals surface area contributed by atoms with Crippen LogP contribution in [-0.2, 0) is 21.3 Å². The van der Waals surface area contributed by atoms with Crippen molar-refractivity contribution in [2.24, 2.45) is 0 Å². The second kappa shape index (κ2) is 9.57. The van der Waals surface area contributed by atoms with Gasteiger partial charge in [-0.2, -0.15) is 0 Å². The van der Waals surface area contributed by atoms with E-state index in [2.05, 4.69) is 9.62 Å². The van der Waals surface area contributed by atoms with Crippen molar-refractivity contribution >= 4 is 27.3 Å². The Kier molecular flexibility index (Phi) is 6.84. The molecule has 2 aliphatic heterocycles. The van der Waals surface area contributed by atoms with Crippen LogP contribution in [0.4, 0.5) is 0 Å². The summed E-state index contributed by atoms with van der Waals surface area (Å²) < 4.78 is 33.6. The van der Waals surface area contributed by atoms with Gasteiger partial charge in [0.15, 0.2) is 0 Å². The molecule has 2 aromatic rings. The number of nitrogens with zero attached hydrogens (tertiary/aromatic N) is 2. The van der Waals surface area contributed by atoms with Gasteiger partial charge >= 0.3 is 0 Å². The van der Waals surface area contributed by atoms with E-state index in [1.54, 1.807) is 17.0 Å². The molecule has 3 heterocycles. The van der Waals surface area contributed by atoms with Gasteiger partial charge in [-0.15, -0.1) is 11.3 Å². The number of ether oxygens (including phenoxy) is 1. The largest absolute Gasteiger partial charge is 0.377 e. The molecule has 2 aliphatic rings. The average molecular weight is 450 g/mol. The molecular formula is C21H27N3O4S2. The van der Waals surface area contributed by atoms with Gasteiger partial charge in [-0.05, 0) is 42.5 Å². The Morgan fingerprint density at radius 3 is 2.70 bits per heavy atom. The Balaban J connectivity index is 1.35. The van der Waals surface area contributed by atoms with Crippen LogP contribution in [0.2, 0.25) is 0 Å². The Labute approximate surface area is 181 Å². The van der Waals surface area contributed by atoms with Crippen molar-refractivity contribution in [2.45, 2.75) is 30.4 Å². The number of benzene rings is 1. The first kappa shape index (κ1) is 21.5. The predicted octanol–water partition coefficient (Wildman–Crippen LogP) is 2.16. The van der Waals surface area contributed by atoms with Crippen LogP contribution in [0, 0.1) is 0 Å². The molecule has 0 bridgehead atoms. The van der Waals surface area contributed by atoms with E-state index in [1.807, 2.05) is 17.5 Å². The number of hydrogen-bond donors (Lipinski definition) is 1. The van der Waals surface area contributed by atoms with E-state index in [0.29, 0.717) is 24.8 Å². The summed E-state index contributed by atoms with van der Waals surface area (Å²) in [5.74, 6) is -0.123. The third-order valence-electron chi connectivity index (χ3n) is 5.55. The number of rotatable bonds is 7. The SMILES string of the molecule is O=C(c1cccc(S(=O)(=O)NCc2cccs2)c1)N1CCN(CC2CCCO2)CC1.